The number of aromatic amines is 1. The normalized spacial score (nSPS) is 14.6. The predicted octanol–water partition coefficient (Wildman–Crippen LogP) is 2.99. The Morgan fingerprint density at radius 3 is 2.26 bits per heavy atom. The van der Waals surface area contributed by atoms with Gasteiger partial charge in [-0.2, -0.15) is 0 Å². The van der Waals surface area contributed by atoms with Crippen molar-refractivity contribution < 1.29 is 9.59 Å². The number of benzene rings is 2. The molecule has 138 valence electrons. The lowest BCUT2D eigenvalue weighted by molar-refractivity contribution is 0.0740. The van der Waals surface area contributed by atoms with Crippen molar-refractivity contribution in [3.63, 3.8) is 0 Å². The largest absolute Gasteiger partial charge is 0.368 e. The van der Waals surface area contributed by atoms with Gasteiger partial charge in [-0.25, -0.2) is 0 Å². The number of nitrogens with two attached hydrogens (primary N) is 1. The minimum Gasteiger partial charge on any atom is -0.368 e. The van der Waals surface area contributed by atoms with Gasteiger partial charge in [-0.3, -0.25) is 9.59 Å². The molecule has 0 spiro atoms. The van der Waals surface area contributed by atoms with Crippen LogP contribution in [0.5, 0.6) is 0 Å². The van der Waals surface area contributed by atoms with E-state index in [-0.39, 0.29) is 5.91 Å². The van der Waals surface area contributed by atoms with Gasteiger partial charge in [-0.15, -0.1) is 0 Å². The molecule has 27 heavy (non-hydrogen) atoms. The highest BCUT2D eigenvalue weighted by molar-refractivity contribution is 9.10. The van der Waals surface area contributed by atoms with Gasteiger partial charge in [0.2, 0.25) is 5.91 Å². The van der Waals surface area contributed by atoms with E-state index in [1.807, 2.05) is 41.3 Å². The van der Waals surface area contributed by atoms with Gasteiger partial charge in [0.1, 0.15) is 5.69 Å². The van der Waals surface area contributed by atoms with Crippen molar-refractivity contribution >= 4 is 44.3 Å². The van der Waals surface area contributed by atoms with Crippen molar-refractivity contribution in [3.8, 4) is 0 Å². The zero-order valence-electron chi connectivity index (χ0n) is 14.6. The van der Waals surface area contributed by atoms with E-state index >= 15 is 0 Å². The lowest BCUT2D eigenvalue weighted by Crippen LogP contribution is -2.49. The maximum absolute atomic E-state index is 12.9. The Balaban J connectivity index is 1.46. The second kappa shape index (κ2) is 7.08. The summed E-state index contributed by atoms with van der Waals surface area (Å²) in [5.41, 5.74) is 8.35. The minimum atomic E-state index is -0.430. The Morgan fingerprint density at radius 2 is 1.63 bits per heavy atom. The van der Waals surface area contributed by atoms with E-state index in [0.29, 0.717) is 24.3 Å². The third-order valence-corrected chi connectivity index (χ3v) is 5.76. The van der Waals surface area contributed by atoms with Crippen LogP contribution in [0.2, 0.25) is 0 Å². The molecule has 0 saturated carbocycles. The number of anilines is 1. The van der Waals surface area contributed by atoms with Crippen LogP contribution in [0, 0.1) is 0 Å². The van der Waals surface area contributed by atoms with Gasteiger partial charge in [0.05, 0.1) is 4.47 Å². The van der Waals surface area contributed by atoms with Crippen LogP contribution in [0.3, 0.4) is 0 Å². The van der Waals surface area contributed by atoms with E-state index < -0.39 is 5.91 Å². The van der Waals surface area contributed by atoms with Crippen LogP contribution < -0.4 is 10.6 Å². The molecule has 6 nitrogen and oxygen atoms in total. The molecule has 0 radical (unpaired) electrons. The highest BCUT2D eigenvalue weighted by atomic mass is 79.9. The molecule has 4 rings (SSSR count). The van der Waals surface area contributed by atoms with Gasteiger partial charge in [-0.1, -0.05) is 18.2 Å². The average molecular weight is 427 g/mol. The number of hydrogen-bond donors (Lipinski definition) is 2. The maximum atomic E-state index is 12.9. The van der Waals surface area contributed by atoms with Crippen molar-refractivity contribution in [2.45, 2.75) is 0 Å². The molecule has 2 heterocycles. The van der Waals surface area contributed by atoms with Crippen LogP contribution >= 0.6 is 15.9 Å². The second-order valence-corrected chi connectivity index (χ2v) is 7.34. The fraction of sp³-hybridized carbons (Fsp3) is 0.200. The molecule has 1 aromatic heterocycles. The summed E-state index contributed by atoms with van der Waals surface area (Å²) in [7, 11) is 0. The Hall–Kier alpha value is -2.80. The first kappa shape index (κ1) is 17.6. The zero-order chi connectivity index (χ0) is 19.0. The van der Waals surface area contributed by atoms with Crippen LogP contribution in [-0.2, 0) is 0 Å². The molecule has 3 aromatic rings. The summed E-state index contributed by atoms with van der Waals surface area (Å²) in [6.07, 6.45) is 0. The molecule has 1 fully saturated rings. The number of nitrogens with one attached hydrogen (secondary N) is 1. The number of nitrogens with zero attached hydrogens (tertiary/aromatic N) is 2. The maximum Gasteiger partial charge on any atom is 0.271 e. The van der Waals surface area contributed by atoms with E-state index in [1.165, 1.54) is 0 Å². The summed E-state index contributed by atoms with van der Waals surface area (Å²) in [6.45, 7) is 2.75. The van der Waals surface area contributed by atoms with E-state index in [4.69, 9.17) is 5.73 Å². The Labute approximate surface area is 165 Å². The standard InChI is InChI=1S/C20H19BrN4O2/c21-17-15-3-1-2-4-16(15)23-18(17)20(27)25-11-9-24(10-12-25)14-7-5-13(6-8-14)19(22)26/h1-8,23H,9-12H2,(H2,22,26). The highest BCUT2D eigenvalue weighted by Gasteiger charge is 2.25. The molecule has 3 N–H and O–H groups in total. The van der Waals surface area contributed by atoms with E-state index in [0.717, 1.165) is 34.2 Å². The first-order valence-electron chi connectivity index (χ1n) is 8.75. The van der Waals surface area contributed by atoms with Gasteiger partial charge in [0.15, 0.2) is 0 Å². The van der Waals surface area contributed by atoms with Crippen LogP contribution in [0.25, 0.3) is 10.9 Å². The fourth-order valence-corrected chi connectivity index (χ4v) is 4.03. The first-order valence-corrected chi connectivity index (χ1v) is 9.54. The van der Waals surface area contributed by atoms with Crippen LogP contribution in [0.4, 0.5) is 5.69 Å². The molecule has 0 unspecified atom stereocenters. The van der Waals surface area contributed by atoms with Crippen molar-refractivity contribution in [2.75, 3.05) is 31.1 Å². The van der Waals surface area contributed by atoms with E-state index in [2.05, 4.69) is 25.8 Å². The number of fused-ring (bicyclic) bond motifs is 1. The average Bonchev–Trinajstić information content (AvgIpc) is 3.04. The summed E-state index contributed by atoms with van der Waals surface area (Å²) in [6, 6.07) is 15.1. The van der Waals surface area contributed by atoms with E-state index in [1.54, 1.807) is 12.1 Å². The van der Waals surface area contributed by atoms with Gasteiger partial charge >= 0.3 is 0 Å². The van der Waals surface area contributed by atoms with Crippen molar-refractivity contribution in [1.29, 1.82) is 0 Å². The smallest absolute Gasteiger partial charge is 0.271 e. The monoisotopic (exact) mass is 426 g/mol. The molecule has 0 aliphatic carbocycles. The number of rotatable bonds is 3. The number of carbonyl (C=O) groups is 2. The summed E-state index contributed by atoms with van der Waals surface area (Å²) < 4.78 is 0.813. The molecule has 2 amide bonds. The van der Waals surface area contributed by atoms with Gasteiger partial charge in [0, 0.05) is 48.3 Å². The number of H-pyrrole nitrogens is 1. The lowest BCUT2D eigenvalue weighted by Gasteiger charge is -2.36. The number of carbonyl (C=O) groups excluding carboxylic acids is 2. The second-order valence-electron chi connectivity index (χ2n) is 6.55. The SMILES string of the molecule is NC(=O)c1ccc(N2CCN(C(=O)c3[nH]c4ccccc4c3Br)CC2)cc1. The van der Waals surface area contributed by atoms with Crippen molar-refractivity contribution in [2.24, 2.45) is 5.73 Å². The topological polar surface area (TPSA) is 82.4 Å². The summed E-state index contributed by atoms with van der Waals surface area (Å²) in [5.74, 6) is -0.428. The number of aromatic nitrogens is 1. The zero-order valence-corrected chi connectivity index (χ0v) is 16.2. The fourth-order valence-electron chi connectivity index (χ4n) is 3.42. The molecule has 2 aromatic carbocycles. The number of primary amides is 1. The van der Waals surface area contributed by atoms with Crippen LogP contribution in [0.15, 0.2) is 53.0 Å². The summed E-state index contributed by atoms with van der Waals surface area (Å²) in [5, 5.41) is 1.01. The quantitative estimate of drug-likeness (QED) is 0.674. The minimum absolute atomic E-state index is 0.00167. The highest BCUT2D eigenvalue weighted by Crippen LogP contribution is 2.29. The third kappa shape index (κ3) is 3.30. The molecule has 7 heteroatoms. The molecular formula is C20H19BrN4O2. The van der Waals surface area contributed by atoms with E-state index in [9.17, 15) is 9.59 Å². The van der Waals surface area contributed by atoms with Crippen LogP contribution in [-0.4, -0.2) is 47.9 Å². The van der Waals surface area contributed by atoms with Gasteiger partial charge in [-0.05, 0) is 46.3 Å². The molecular weight excluding hydrogens is 408 g/mol. The number of para-hydroxylation sites is 1. The number of hydrogen-bond acceptors (Lipinski definition) is 3. The molecule has 1 saturated heterocycles. The summed E-state index contributed by atoms with van der Waals surface area (Å²) in [4.78, 5) is 31.4. The molecule has 1 aliphatic rings. The Morgan fingerprint density at radius 1 is 0.963 bits per heavy atom. The Kier molecular flexibility index (Phi) is 4.61. The molecule has 0 bridgehead atoms. The van der Waals surface area contributed by atoms with Crippen LogP contribution in [0.1, 0.15) is 20.8 Å². The lowest BCUT2D eigenvalue weighted by atomic mass is 10.1. The number of piperazine rings is 1. The van der Waals surface area contributed by atoms with Crippen molar-refractivity contribution in [3.05, 3.63) is 64.3 Å². The molecule has 1 aliphatic heterocycles. The third-order valence-electron chi connectivity index (χ3n) is 4.94. The Bertz CT molecular complexity index is 1000. The predicted molar refractivity (Wildman–Crippen MR) is 109 cm³/mol. The molecule has 0 atom stereocenters. The van der Waals surface area contributed by atoms with Crippen molar-refractivity contribution in [1.82, 2.24) is 9.88 Å². The summed E-state index contributed by atoms with van der Waals surface area (Å²) >= 11 is 3.56. The number of amides is 2. The number of halogens is 1. The van der Waals surface area contributed by atoms with Gasteiger partial charge in [0.25, 0.3) is 5.91 Å². The first-order chi connectivity index (χ1) is 13.0. The van der Waals surface area contributed by atoms with Gasteiger partial charge < -0.3 is 20.5 Å².